The van der Waals surface area contributed by atoms with Crippen molar-refractivity contribution >= 4 is 34.8 Å². The summed E-state index contributed by atoms with van der Waals surface area (Å²) in [5.41, 5.74) is 0.243. The number of amides is 1. The van der Waals surface area contributed by atoms with Crippen LogP contribution in [0.15, 0.2) is 17.6 Å². The zero-order chi connectivity index (χ0) is 17.7. The Hall–Kier alpha value is -2.19. The maximum atomic E-state index is 12.1. The van der Waals surface area contributed by atoms with Gasteiger partial charge in [0.25, 0.3) is 5.91 Å². The molecule has 9 heteroatoms. The minimum absolute atomic E-state index is 0.0411. The molecule has 0 radical (unpaired) electrons. The first-order valence-corrected chi connectivity index (χ1v) is 8.36. The number of nitrogens with zero attached hydrogens (tertiary/aromatic N) is 2. The molecule has 0 bridgehead atoms. The van der Waals surface area contributed by atoms with Crippen LogP contribution in [0.2, 0.25) is 5.02 Å². The molecule has 0 unspecified atom stereocenters. The van der Waals surface area contributed by atoms with Crippen molar-refractivity contribution in [2.75, 3.05) is 6.61 Å². The number of nitrogens with one attached hydrogen (secondary N) is 1. The number of hydrogen-bond acceptors (Lipinski definition) is 6. The third-order valence-electron chi connectivity index (χ3n) is 2.79. The quantitative estimate of drug-likeness (QED) is 0.778. The minimum atomic E-state index is -1.10. The topological polar surface area (TPSA) is 101 Å². The molecule has 0 aliphatic rings. The summed E-state index contributed by atoms with van der Waals surface area (Å²) in [5.74, 6) is -0.864. The van der Waals surface area contributed by atoms with E-state index < -0.39 is 5.97 Å². The van der Waals surface area contributed by atoms with E-state index >= 15 is 0 Å². The minimum Gasteiger partial charge on any atom is -0.476 e. The number of carboxylic acid groups (broad SMARTS) is 1. The number of rotatable bonds is 7. The summed E-state index contributed by atoms with van der Waals surface area (Å²) in [6.45, 7) is 4.61. The van der Waals surface area contributed by atoms with Crippen molar-refractivity contribution in [2.24, 2.45) is 5.92 Å². The Morgan fingerprint density at radius 2 is 2.21 bits per heavy atom. The van der Waals surface area contributed by atoms with Crippen molar-refractivity contribution in [1.82, 2.24) is 15.3 Å². The first kappa shape index (κ1) is 18.2. The normalized spacial score (nSPS) is 10.7. The van der Waals surface area contributed by atoms with Crippen LogP contribution in [0.4, 0.5) is 0 Å². The highest BCUT2D eigenvalue weighted by molar-refractivity contribution is 7.09. The largest absolute Gasteiger partial charge is 0.476 e. The van der Waals surface area contributed by atoms with Crippen LogP contribution in [0.25, 0.3) is 0 Å². The van der Waals surface area contributed by atoms with Crippen LogP contribution in [0.3, 0.4) is 0 Å². The molecule has 0 spiro atoms. The van der Waals surface area contributed by atoms with E-state index in [1.807, 2.05) is 13.8 Å². The molecule has 1 amide bonds. The molecule has 0 fully saturated rings. The summed E-state index contributed by atoms with van der Waals surface area (Å²) in [6, 6.07) is 1.48. The number of halogens is 1. The lowest BCUT2D eigenvalue weighted by Crippen LogP contribution is -2.23. The highest BCUT2D eigenvalue weighted by Crippen LogP contribution is 2.23. The van der Waals surface area contributed by atoms with Crippen LogP contribution in [0.5, 0.6) is 5.88 Å². The summed E-state index contributed by atoms with van der Waals surface area (Å²) in [4.78, 5) is 30.8. The molecule has 2 heterocycles. The molecule has 24 heavy (non-hydrogen) atoms. The summed E-state index contributed by atoms with van der Waals surface area (Å²) in [7, 11) is 0. The van der Waals surface area contributed by atoms with E-state index in [4.69, 9.17) is 21.4 Å². The van der Waals surface area contributed by atoms with E-state index in [1.165, 1.54) is 17.6 Å². The summed E-state index contributed by atoms with van der Waals surface area (Å²) < 4.78 is 5.45. The van der Waals surface area contributed by atoms with E-state index in [0.717, 1.165) is 11.3 Å². The van der Waals surface area contributed by atoms with Gasteiger partial charge in [-0.1, -0.05) is 25.4 Å². The molecule has 2 N–H and O–H groups in total. The van der Waals surface area contributed by atoms with Crippen LogP contribution < -0.4 is 10.1 Å². The fourth-order valence-electron chi connectivity index (χ4n) is 1.65. The Balaban J connectivity index is 1.96. The number of aromatic carboxylic acids is 1. The second kappa shape index (κ2) is 8.07. The third kappa shape index (κ3) is 4.90. The number of carbonyl (C=O) groups is 2. The number of aromatic nitrogens is 2. The summed E-state index contributed by atoms with van der Waals surface area (Å²) in [5, 5.41) is 13.6. The average Bonchev–Trinajstić information content (AvgIpc) is 3.00. The molecule has 0 aliphatic heterocycles. The van der Waals surface area contributed by atoms with Gasteiger partial charge in [0.05, 0.1) is 18.7 Å². The van der Waals surface area contributed by atoms with Crippen molar-refractivity contribution in [1.29, 1.82) is 0 Å². The summed E-state index contributed by atoms with van der Waals surface area (Å²) >= 11 is 7.23. The van der Waals surface area contributed by atoms with Crippen molar-refractivity contribution in [3.63, 3.8) is 0 Å². The van der Waals surface area contributed by atoms with Crippen LogP contribution in [-0.2, 0) is 6.54 Å². The van der Waals surface area contributed by atoms with Gasteiger partial charge in [0.2, 0.25) is 5.88 Å². The van der Waals surface area contributed by atoms with Gasteiger partial charge in [-0.3, -0.25) is 4.79 Å². The molecule has 2 aromatic heterocycles. The van der Waals surface area contributed by atoms with Gasteiger partial charge >= 0.3 is 5.97 Å². The third-order valence-corrected chi connectivity index (χ3v) is 3.91. The van der Waals surface area contributed by atoms with Gasteiger partial charge in [0, 0.05) is 11.6 Å². The number of carboxylic acids is 1. The van der Waals surface area contributed by atoms with Crippen molar-refractivity contribution in [3.05, 3.63) is 38.9 Å². The Labute approximate surface area is 147 Å². The standard InChI is InChI=1S/C15H16ClN3O4S/c1-8(2)6-23-14-10(16)3-9(4-18-14)13(20)17-5-12-19-11(7-24-12)15(21)22/h3-4,7-8H,5-6H2,1-2H3,(H,17,20)(H,21,22). The molecular weight excluding hydrogens is 354 g/mol. The van der Waals surface area contributed by atoms with Gasteiger partial charge in [0.1, 0.15) is 10.0 Å². The Morgan fingerprint density at radius 3 is 2.79 bits per heavy atom. The maximum Gasteiger partial charge on any atom is 0.355 e. The van der Waals surface area contributed by atoms with Crippen molar-refractivity contribution < 1.29 is 19.4 Å². The molecule has 7 nitrogen and oxygen atoms in total. The number of pyridine rings is 1. The smallest absolute Gasteiger partial charge is 0.355 e. The van der Waals surface area contributed by atoms with E-state index in [1.54, 1.807) is 0 Å². The number of carbonyl (C=O) groups excluding carboxylic acids is 1. The highest BCUT2D eigenvalue weighted by atomic mass is 35.5. The number of hydrogen-bond donors (Lipinski definition) is 2. The Bertz CT molecular complexity index is 748. The van der Waals surface area contributed by atoms with Gasteiger partial charge in [-0.2, -0.15) is 0 Å². The number of thiazole rings is 1. The van der Waals surface area contributed by atoms with Gasteiger partial charge in [-0.05, 0) is 12.0 Å². The molecule has 0 aromatic carbocycles. The first-order valence-electron chi connectivity index (χ1n) is 7.11. The molecule has 2 aromatic rings. The molecule has 0 aliphatic carbocycles. The van der Waals surface area contributed by atoms with E-state index in [2.05, 4.69) is 15.3 Å². The molecular formula is C15H16ClN3O4S. The molecule has 0 saturated heterocycles. The van der Waals surface area contributed by atoms with Crippen LogP contribution in [0.1, 0.15) is 39.7 Å². The molecule has 0 saturated carbocycles. The van der Waals surface area contributed by atoms with Gasteiger partial charge in [-0.15, -0.1) is 11.3 Å². The van der Waals surface area contributed by atoms with Crippen LogP contribution in [-0.4, -0.2) is 33.6 Å². The van der Waals surface area contributed by atoms with Crippen molar-refractivity contribution in [2.45, 2.75) is 20.4 Å². The van der Waals surface area contributed by atoms with Crippen LogP contribution >= 0.6 is 22.9 Å². The maximum absolute atomic E-state index is 12.1. The molecule has 128 valence electrons. The fraction of sp³-hybridized carbons (Fsp3) is 0.333. The van der Waals surface area contributed by atoms with Gasteiger partial charge < -0.3 is 15.2 Å². The van der Waals surface area contributed by atoms with E-state index in [0.29, 0.717) is 17.5 Å². The van der Waals surface area contributed by atoms with E-state index in [9.17, 15) is 9.59 Å². The SMILES string of the molecule is CC(C)COc1ncc(C(=O)NCc2nc(C(=O)O)cs2)cc1Cl. The highest BCUT2D eigenvalue weighted by Gasteiger charge is 2.13. The van der Waals surface area contributed by atoms with Crippen LogP contribution in [0, 0.1) is 5.92 Å². The summed E-state index contributed by atoms with van der Waals surface area (Å²) in [6.07, 6.45) is 1.38. The second-order valence-corrected chi connectivity index (χ2v) is 6.68. The lowest BCUT2D eigenvalue weighted by Gasteiger charge is -2.10. The average molecular weight is 370 g/mol. The lowest BCUT2D eigenvalue weighted by molar-refractivity contribution is 0.0691. The van der Waals surface area contributed by atoms with Crippen molar-refractivity contribution in [3.8, 4) is 5.88 Å². The monoisotopic (exact) mass is 369 g/mol. The first-order chi connectivity index (χ1) is 11.4. The predicted molar refractivity (Wildman–Crippen MR) is 89.8 cm³/mol. The van der Waals surface area contributed by atoms with Gasteiger partial charge in [0.15, 0.2) is 5.69 Å². The zero-order valence-electron chi connectivity index (χ0n) is 13.1. The predicted octanol–water partition coefficient (Wildman–Crippen LogP) is 2.85. The Kier molecular flexibility index (Phi) is 6.10. The number of ether oxygens (including phenoxy) is 1. The zero-order valence-corrected chi connectivity index (χ0v) is 14.6. The molecule has 2 rings (SSSR count). The Morgan fingerprint density at radius 1 is 1.46 bits per heavy atom. The fourth-order valence-corrected chi connectivity index (χ4v) is 2.58. The lowest BCUT2D eigenvalue weighted by atomic mass is 10.2. The van der Waals surface area contributed by atoms with E-state index in [-0.39, 0.29) is 34.6 Å². The van der Waals surface area contributed by atoms with Gasteiger partial charge in [-0.25, -0.2) is 14.8 Å². The second-order valence-electron chi connectivity index (χ2n) is 5.33. The molecule has 0 atom stereocenters.